The Morgan fingerprint density at radius 2 is 1.81 bits per heavy atom. The molecule has 0 atom stereocenters. The van der Waals surface area contributed by atoms with Crippen LogP contribution in [-0.2, 0) is 0 Å². The van der Waals surface area contributed by atoms with Crippen molar-refractivity contribution in [3.63, 3.8) is 0 Å². The molecule has 0 aliphatic heterocycles. The van der Waals surface area contributed by atoms with Crippen LogP contribution in [0.25, 0.3) is 0 Å². The van der Waals surface area contributed by atoms with Gasteiger partial charge in [-0.15, -0.1) is 0 Å². The van der Waals surface area contributed by atoms with Gasteiger partial charge in [0.25, 0.3) is 0 Å². The van der Waals surface area contributed by atoms with E-state index in [0.29, 0.717) is 6.04 Å². The van der Waals surface area contributed by atoms with Crippen LogP contribution >= 0.6 is 27.5 Å². The van der Waals surface area contributed by atoms with Gasteiger partial charge in [0, 0.05) is 21.2 Å². The minimum atomic E-state index is 0.625. The average Bonchev–Trinajstić information content (AvgIpc) is 2.51. The third kappa shape index (κ3) is 3.39. The van der Waals surface area contributed by atoms with Gasteiger partial charge in [0.2, 0.25) is 0 Å². The summed E-state index contributed by atoms with van der Waals surface area (Å²) in [6.45, 7) is 0. The molecule has 1 aromatic carbocycles. The van der Waals surface area contributed by atoms with Crippen LogP contribution in [0.2, 0.25) is 5.02 Å². The minimum Gasteiger partial charge on any atom is -0.381 e. The third-order valence-corrected chi connectivity index (χ3v) is 4.04. The number of hydrogen-bond acceptors (Lipinski definition) is 1. The number of nitrogens with one attached hydrogen (secondary N) is 1. The first-order chi connectivity index (χ1) is 7.75. The molecule has 88 valence electrons. The highest BCUT2D eigenvalue weighted by Gasteiger charge is 2.12. The third-order valence-electron chi connectivity index (χ3n) is 3.15. The summed E-state index contributed by atoms with van der Waals surface area (Å²) >= 11 is 9.47. The van der Waals surface area contributed by atoms with E-state index in [2.05, 4.69) is 27.3 Å². The zero-order valence-electron chi connectivity index (χ0n) is 9.31. The summed E-state index contributed by atoms with van der Waals surface area (Å²) in [7, 11) is 0. The molecule has 1 aromatic rings. The Morgan fingerprint density at radius 1 is 1.12 bits per heavy atom. The summed E-state index contributed by atoms with van der Waals surface area (Å²) in [5.74, 6) is 0. The van der Waals surface area contributed by atoms with Crippen LogP contribution in [0.5, 0.6) is 0 Å². The second-order valence-electron chi connectivity index (χ2n) is 4.46. The van der Waals surface area contributed by atoms with Gasteiger partial charge in [0.1, 0.15) is 0 Å². The molecule has 1 saturated carbocycles. The topological polar surface area (TPSA) is 12.0 Å². The van der Waals surface area contributed by atoms with Gasteiger partial charge in [0.05, 0.1) is 0 Å². The van der Waals surface area contributed by atoms with Crippen molar-refractivity contribution in [1.29, 1.82) is 0 Å². The van der Waals surface area contributed by atoms with Crippen LogP contribution in [0.1, 0.15) is 38.5 Å². The summed E-state index contributed by atoms with van der Waals surface area (Å²) in [5, 5.41) is 4.39. The van der Waals surface area contributed by atoms with Crippen LogP contribution in [0.4, 0.5) is 5.69 Å². The average molecular weight is 303 g/mol. The Balaban J connectivity index is 2.01. The summed E-state index contributed by atoms with van der Waals surface area (Å²) in [4.78, 5) is 0. The van der Waals surface area contributed by atoms with Gasteiger partial charge in [-0.05, 0) is 47.0 Å². The SMILES string of the molecule is Clc1ccc(NC2CCCCCC2)c(Br)c1. The molecule has 0 heterocycles. The Labute approximate surface area is 111 Å². The monoisotopic (exact) mass is 301 g/mol. The van der Waals surface area contributed by atoms with E-state index in [4.69, 9.17) is 11.6 Å². The maximum absolute atomic E-state index is 5.93. The van der Waals surface area contributed by atoms with Crippen LogP contribution < -0.4 is 5.32 Å². The number of halogens is 2. The van der Waals surface area contributed by atoms with Gasteiger partial charge < -0.3 is 5.32 Å². The molecule has 0 saturated heterocycles. The fraction of sp³-hybridized carbons (Fsp3) is 0.538. The summed E-state index contributed by atoms with van der Waals surface area (Å²) in [6.07, 6.45) is 8.05. The fourth-order valence-corrected chi connectivity index (χ4v) is 3.05. The Hall–Kier alpha value is -0.210. The highest BCUT2D eigenvalue weighted by Crippen LogP contribution is 2.28. The van der Waals surface area contributed by atoms with Crippen molar-refractivity contribution in [3.8, 4) is 0 Å². The molecule has 0 aromatic heterocycles. The van der Waals surface area contributed by atoms with Crippen molar-refractivity contribution in [3.05, 3.63) is 27.7 Å². The van der Waals surface area contributed by atoms with E-state index in [1.165, 1.54) is 38.5 Å². The highest BCUT2D eigenvalue weighted by atomic mass is 79.9. The zero-order chi connectivity index (χ0) is 11.4. The zero-order valence-corrected chi connectivity index (χ0v) is 11.6. The van der Waals surface area contributed by atoms with Gasteiger partial charge in [0.15, 0.2) is 0 Å². The molecule has 2 rings (SSSR count). The van der Waals surface area contributed by atoms with Gasteiger partial charge in [-0.2, -0.15) is 0 Å². The molecule has 3 heteroatoms. The number of anilines is 1. The van der Waals surface area contributed by atoms with E-state index in [-0.39, 0.29) is 0 Å². The predicted octanol–water partition coefficient (Wildman–Crippen LogP) is 5.24. The Kier molecular flexibility index (Phi) is 4.54. The molecule has 0 spiro atoms. The Morgan fingerprint density at radius 3 is 2.44 bits per heavy atom. The van der Waals surface area contributed by atoms with Crippen LogP contribution in [0, 0.1) is 0 Å². The molecular formula is C13H17BrClN. The number of rotatable bonds is 2. The second kappa shape index (κ2) is 5.92. The molecule has 0 amide bonds. The smallest absolute Gasteiger partial charge is 0.0487 e. The Bertz CT molecular complexity index is 346. The maximum Gasteiger partial charge on any atom is 0.0487 e. The van der Waals surface area contributed by atoms with E-state index >= 15 is 0 Å². The van der Waals surface area contributed by atoms with Gasteiger partial charge >= 0.3 is 0 Å². The molecule has 1 N–H and O–H groups in total. The number of benzene rings is 1. The molecule has 1 fully saturated rings. The first kappa shape index (κ1) is 12.3. The normalized spacial score (nSPS) is 18.1. The summed E-state index contributed by atoms with van der Waals surface area (Å²) in [5.41, 5.74) is 1.16. The van der Waals surface area contributed by atoms with E-state index < -0.39 is 0 Å². The van der Waals surface area contributed by atoms with E-state index in [0.717, 1.165) is 15.2 Å². The predicted molar refractivity (Wildman–Crippen MR) is 74.3 cm³/mol. The summed E-state index contributed by atoms with van der Waals surface area (Å²) in [6, 6.07) is 6.56. The molecule has 1 nitrogen and oxygen atoms in total. The molecule has 1 aliphatic carbocycles. The quantitative estimate of drug-likeness (QED) is 0.737. The van der Waals surface area contributed by atoms with Crippen molar-refractivity contribution in [1.82, 2.24) is 0 Å². The lowest BCUT2D eigenvalue weighted by Crippen LogP contribution is -2.18. The highest BCUT2D eigenvalue weighted by molar-refractivity contribution is 9.10. The van der Waals surface area contributed by atoms with Crippen LogP contribution in [-0.4, -0.2) is 6.04 Å². The van der Waals surface area contributed by atoms with Crippen molar-refractivity contribution in [2.75, 3.05) is 5.32 Å². The van der Waals surface area contributed by atoms with Crippen molar-refractivity contribution >= 4 is 33.2 Å². The molecular weight excluding hydrogens is 286 g/mol. The van der Waals surface area contributed by atoms with Gasteiger partial charge in [-0.25, -0.2) is 0 Å². The minimum absolute atomic E-state index is 0.625. The van der Waals surface area contributed by atoms with Gasteiger partial charge in [-0.3, -0.25) is 0 Å². The van der Waals surface area contributed by atoms with Crippen molar-refractivity contribution in [2.24, 2.45) is 0 Å². The molecule has 0 unspecified atom stereocenters. The standard InChI is InChI=1S/C13H17BrClN/c14-12-9-10(15)7-8-13(12)16-11-5-3-1-2-4-6-11/h7-9,11,16H,1-6H2. The van der Waals surface area contributed by atoms with Gasteiger partial charge in [-0.1, -0.05) is 37.3 Å². The molecule has 0 bridgehead atoms. The lowest BCUT2D eigenvalue weighted by atomic mass is 10.1. The first-order valence-electron chi connectivity index (χ1n) is 5.97. The molecule has 16 heavy (non-hydrogen) atoms. The number of hydrogen-bond donors (Lipinski definition) is 1. The van der Waals surface area contributed by atoms with E-state index in [1.807, 2.05) is 12.1 Å². The second-order valence-corrected chi connectivity index (χ2v) is 5.75. The van der Waals surface area contributed by atoms with Crippen LogP contribution in [0.15, 0.2) is 22.7 Å². The van der Waals surface area contributed by atoms with Crippen molar-refractivity contribution in [2.45, 2.75) is 44.6 Å². The maximum atomic E-state index is 5.93. The fourth-order valence-electron chi connectivity index (χ4n) is 2.25. The first-order valence-corrected chi connectivity index (χ1v) is 7.14. The van der Waals surface area contributed by atoms with Crippen LogP contribution in [0.3, 0.4) is 0 Å². The van der Waals surface area contributed by atoms with E-state index in [1.54, 1.807) is 0 Å². The molecule has 0 radical (unpaired) electrons. The van der Waals surface area contributed by atoms with E-state index in [9.17, 15) is 0 Å². The largest absolute Gasteiger partial charge is 0.381 e. The van der Waals surface area contributed by atoms with Crippen molar-refractivity contribution < 1.29 is 0 Å². The molecule has 1 aliphatic rings. The summed E-state index contributed by atoms with van der Waals surface area (Å²) < 4.78 is 1.06. The lowest BCUT2D eigenvalue weighted by molar-refractivity contribution is 0.620. The lowest BCUT2D eigenvalue weighted by Gasteiger charge is -2.18.